The molecule has 160 valence electrons. The summed E-state index contributed by atoms with van der Waals surface area (Å²) in [5.74, 6) is 0. The molecule has 1 aliphatic carbocycles. The first kappa shape index (κ1) is 19.4. The van der Waals surface area contributed by atoms with Crippen molar-refractivity contribution in [2.24, 2.45) is 0 Å². The molecule has 1 fully saturated rings. The lowest BCUT2D eigenvalue weighted by Crippen LogP contribution is -2.30. The molecule has 3 heterocycles. The lowest BCUT2D eigenvalue weighted by Gasteiger charge is -2.13. The summed E-state index contributed by atoms with van der Waals surface area (Å²) in [5.41, 5.74) is 4.73. The number of nitriles is 1. The van der Waals surface area contributed by atoms with E-state index in [0.717, 1.165) is 51.5 Å². The Balaban J connectivity index is 1.58. The summed E-state index contributed by atoms with van der Waals surface area (Å²) >= 11 is 0. The SMILES string of the molecule is CC1(n2c(=O)n(Cc3ncc4ccccc4c3-c3ccc(C#N)nc3)c3ccccc32)CC1. The van der Waals surface area contributed by atoms with Crippen LogP contribution in [-0.4, -0.2) is 19.1 Å². The molecule has 0 bridgehead atoms. The minimum Gasteiger partial charge on any atom is -0.286 e. The molecule has 33 heavy (non-hydrogen) atoms. The Bertz CT molecular complexity index is 1630. The van der Waals surface area contributed by atoms with Crippen molar-refractivity contribution in [1.82, 2.24) is 19.1 Å². The van der Waals surface area contributed by atoms with E-state index in [4.69, 9.17) is 10.2 Å². The van der Waals surface area contributed by atoms with Crippen molar-refractivity contribution in [2.45, 2.75) is 31.8 Å². The predicted octanol–water partition coefficient (Wildman–Crippen LogP) is 4.84. The van der Waals surface area contributed by atoms with Gasteiger partial charge in [0.1, 0.15) is 11.8 Å². The van der Waals surface area contributed by atoms with Crippen LogP contribution >= 0.6 is 0 Å². The highest BCUT2D eigenvalue weighted by molar-refractivity contribution is 5.97. The van der Waals surface area contributed by atoms with Gasteiger partial charge >= 0.3 is 5.69 Å². The Morgan fingerprint density at radius 2 is 1.73 bits per heavy atom. The molecule has 0 aliphatic heterocycles. The van der Waals surface area contributed by atoms with Crippen molar-refractivity contribution in [1.29, 1.82) is 5.26 Å². The molecule has 3 aromatic heterocycles. The third-order valence-electron chi connectivity index (χ3n) is 6.70. The number of imidazole rings is 1. The van der Waals surface area contributed by atoms with Crippen molar-refractivity contribution < 1.29 is 0 Å². The van der Waals surface area contributed by atoms with E-state index < -0.39 is 0 Å². The fraction of sp³-hybridized carbons (Fsp3) is 0.185. The van der Waals surface area contributed by atoms with E-state index in [9.17, 15) is 4.79 Å². The number of hydrogen-bond acceptors (Lipinski definition) is 4. The maximum absolute atomic E-state index is 13.6. The maximum atomic E-state index is 13.6. The zero-order chi connectivity index (χ0) is 22.6. The average Bonchev–Trinajstić information content (AvgIpc) is 3.53. The number of nitrogens with zero attached hydrogens (tertiary/aromatic N) is 5. The van der Waals surface area contributed by atoms with Crippen LogP contribution in [0.4, 0.5) is 0 Å². The second-order valence-electron chi connectivity index (χ2n) is 8.90. The number of rotatable bonds is 4. The molecular formula is C27H21N5O. The third kappa shape index (κ3) is 3.05. The van der Waals surface area contributed by atoms with Crippen LogP contribution in [0.5, 0.6) is 0 Å². The van der Waals surface area contributed by atoms with E-state index in [1.54, 1.807) is 12.3 Å². The van der Waals surface area contributed by atoms with Crippen molar-refractivity contribution in [3.63, 3.8) is 0 Å². The van der Waals surface area contributed by atoms with Gasteiger partial charge < -0.3 is 0 Å². The molecule has 0 N–H and O–H groups in total. The lowest BCUT2D eigenvalue weighted by molar-refractivity contribution is 0.515. The number of aromatic nitrogens is 4. The molecule has 1 aliphatic rings. The zero-order valence-corrected chi connectivity index (χ0v) is 18.2. The van der Waals surface area contributed by atoms with Gasteiger partial charge in [-0.15, -0.1) is 0 Å². The van der Waals surface area contributed by atoms with Gasteiger partial charge in [0.2, 0.25) is 0 Å². The molecule has 6 nitrogen and oxygen atoms in total. The van der Waals surface area contributed by atoms with Crippen molar-refractivity contribution in [2.75, 3.05) is 0 Å². The number of hydrogen-bond donors (Lipinski definition) is 0. The minimum absolute atomic E-state index is 0.00457. The van der Waals surface area contributed by atoms with Gasteiger partial charge in [-0.05, 0) is 49.4 Å². The van der Waals surface area contributed by atoms with Crippen LogP contribution in [0.25, 0.3) is 32.9 Å². The zero-order valence-electron chi connectivity index (χ0n) is 18.2. The normalized spacial score (nSPS) is 14.4. The standard InChI is InChI=1S/C27H21N5O/c1-27(12-13-27)32-24-9-5-4-8-23(24)31(26(32)33)17-22-25(19-10-11-20(14-28)29-16-19)21-7-3-2-6-18(21)15-30-22/h2-11,15-16H,12-13,17H2,1H3. The van der Waals surface area contributed by atoms with E-state index in [1.165, 1.54) is 0 Å². The average molecular weight is 431 g/mol. The van der Waals surface area contributed by atoms with Gasteiger partial charge in [-0.25, -0.2) is 9.78 Å². The summed E-state index contributed by atoms with van der Waals surface area (Å²) < 4.78 is 3.78. The second-order valence-corrected chi connectivity index (χ2v) is 8.90. The summed E-state index contributed by atoms with van der Waals surface area (Å²) in [6.07, 6.45) is 5.59. The molecule has 1 saturated carbocycles. The van der Waals surface area contributed by atoms with Gasteiger partial charge in [-0.2, -0.15) is 5.26 Å². The Kier molecular flexibility index (Phi) is 4.21. The van der Waals surface area contributed by atoms with Crippen LogP contribution in [-0.2, 0) is 12.1 Å². The highest BCUT2D eigenvalue weighted by Crippen LogP contribution is 2.43. The molecule has 0 saturated heterocycles. The van der Waals surface area contributed by atoms with Gasteiger partial charge in [0.05, 0.1) is 23.3 Å². The Hall–Kier alpha value is -4.24. The fourth-order valence-corrected chi connectivity index (χ4v) is 4.69. The smallest absolute Gasteiger partial charge is 0.286 e. The molecule has 6 rings (SSSR count). The summed E-state index contributed by atoms with van der Waals surface area (Å²) in [6.45, 7) is 2.50. The van der Waals surface area contributed by atoms with Gasteiger partial charge in [0, 0.05) is 34.4 Å². The first-order valence-corrected chi connectivity index (χ1v) is 11.0. The monoisotopic (exact) mass is 431 g/mol. The highest BCUT2D eigenvalue weighted by Gasteiger charge is 2.42. The van der Waals surface area contributed by atoms with Gasteiger partial charge in [0.15, 0.2) is 0 Å². The largest absolute Gasteiger partial charge is 0.329 e. The lowest BCUT2D eigenvalue weighted by atomic mass is 9.98. The van der Waals surface area contributed by atoms with E-state index >= 15 is 0 Å². The molecule has 0 spiro atoms. The highest BCUT2D eigenvalue weighted by atomic mass is 16.2. The topological polar surface area (TPSA) is 76.5 Å². The number of pyridine rings is 2. The Labute approximate surface area is 190 Å². The van der Waals surface area contributed by atoms with E-state index in [-0.39, 0.29) is 11.2 Å². The summed E-state index contributed by atoms with van der Waals surface area (Å²) in [6, 6.07) is 21.7. The Morgan fingerprint density at radius 3 is 2.45 bits per heavy atom. The first-order chi connectivity index (χ1) is 16.1. The minimum atomic E-state index is -0.112. The molecule has 0 amide bonds. The quantitative estimate of drug-likeness (QED) is 0.408. The van der Waals surface area contributed by atoms with E-state index in [1.807, 2.05) is 63.9 Å². The predicted molar refractivity (Wildman–Crippen MR) is 128 cm³/mol. The summed E-state index contributed by atoms with van der Waals surface area (Å²) in [4.78, 5) is 22.7. The van der Waals surface area contributed by atoms with Crippen LogP contribution < -0.4 is 5.69 Å². The third-order valence-corrected chi connectivity index (χ3v) is 6.70. The van der Waals surface area contributed by atoms with Crippen LogP contribution in [0.15, 0.2) is 77.9 Å². The van der Waals surface area contributed by atoms with Crippen LogP contribution in [0, 0.1) is 11.3 Å². The van der Waals surface area contributed by atoms with Crippen LogP contribution in [0.3, 0.4) is 0 Å². The van der Waals surface area contributed by atoms with Crippen molar-refractivity contribution in [3.8, 4) is 17.2 Å². The molecule has 2 aromatic carbocycles. The summed E-state index contributed by atoms with van der Waals surface area (Å²) in [5, 5.41) is 11.2. The van der Waals surface area contributed by atoms with Crippen molar-refractivity contribution in [3.05, 3.63) is 94.9 Å². The molecule has 0 radical (unpaired) electrons. The van der Waals surface area contributed by atoms with Crippen molar-refractivity contribution >= 4 is 21.8 Å². The number of benzene rings is 2. The maximum Gasteiger partial charge on any atom is 0.329 e. The van der Waals surface area contributed by atoms with E-state index in [0.29, 0.717) is 12.2 Å². The molecule has 6 heteroatoms. The molecule has 0 unspecified atom stereocenters. The summed E-state index contributed by atoms with van der Waals surface area (Å²) in [7, 11) is 0. The van der Waals surface area contributed by atoms with E-state index in [2.05, 4.69) is 24.0 Å². The van der Waals surface area contributed by atoms with Crippen LogP contribution in [0.1, 0.15) is 31.2 Å². The van der Waals surface area contributed by atoms with Gasteiger partial charge in [0.25, 0.3) is 0 Å². The number of para-hydroxylation sites is 2. The van der Waals surface area contributed by atoms with Gasteiger partial charge in [-0.3, -0.25) is 14.1 Å². The molecule has 0 atom stereocenters. The first-order valence-electron chi connectivity index (χ1n) is 11.0. The second kappa shape index (κ2) is 7.14. The molecular weight excluding hydrogens is 410 g/mol. The number of fused-ring (bicyclic) bond motifs is 2. The fourth-order valence-electron chi connectivity index (χ4n) is 4.69. The van der Waals surface area contributed by atoms with Gasteiger partial charge in [-0.1, -0.05) is 36.4 Å². The Morgan fingerprint density at radius 1 is 0.970 bits per heavy atom. The van der Waals surface area contributed by atoms with Crippen LogP contribution in [0.2, 0.25) is 0 Å². The molecule has 5 aromatic rings.